The number of benzene rings is 1. The van der Waals surface area contributed by atoms with Crippen LogP contribution in [0.25, 0.3) is 0 Å². The van der Waals surface area contributed by atoms with Gasteiger partial charge in [0.1, 0.15) is 30.2 Å². The molecule has 3 aliphatic rings. The second kappa shape index (κ2) is 7.19. The molecule has 9 nitrogen and oxygen atoms in total. The van der Waals surface area contributed by atoms with Crippen LogP contribution in [0.4, 0.5) is 5.82 Å². The molecule has 0 amide bonds. The SMILES string of the molecule is NC1c2ncn([C@@H]3O[C@H](CO)C(O)C3O)c2N=CN1C1CCCc2ccccc21. The van der Waals surface area contributed by atoms with Crippen LogP contribution in [-0.4, -0.2) is 61.0 Å². The molecule has 0 saturated carbocycles. The lowest BCUT2D eigenvalue weighted by Crippen LogP contribution is -2.40. The number of ether oxygens (including phenoxy) is 1. The van der Waals surface area contributed by atoms with Crippen LogP contribution in [0.5, 0.6) is 0 Å². The van der Waals surface area contributed by atoms with E-state index in [4.69, 9.17) is 10.5 Å². The summed E-state index contributed by atoms with van der Waals surface area (Å²) in [5.74, 6) is 0.493. The molecule has 1 aromatic heterocycles. The zero-order valence-electron chi connectivity index (χ0n) is 15.9. The largest absolute Gasteiger partial charge is 0.394 e. The smallest absolute Gasteiger partial charge is 0.165 e. The Kier molecular flexibility index (Phi) is 4.64. The maximum Gasteiger partial charge on any atom is 0.165 e. The highest BCUT2D eigenvalue weighted by Crippen LogP contribution is 2.42. The molecule has 2 aliphatic heterocycles. The number of aliphatic hydroxyl groups excluding tert-OH is 3. The molecule has 6 atom stereocenters. The maximum absolute atomic E-state index is 10.3. The number of rotatable bonds is 3. The zero-order chi connectivity index (χ0) is 20.1. The Bertz CT molecular complexity index is 931. The number of nitrogens with two attached hydrogens (primary N) is 1. The van der Waals surface area contributed by atoms with Gasteiger partial charge in [0.2, 0.25) is 0 Å². The molecule has 2 aromatic rings. The highest BCUT2D eigenvalue weighted by Gasteiger charge is 2.45. The highest BCUT2D eigenvalue weighted by molar-refractivity contribution is 5.66. The van der Waals surface area contributed by atoms with Gasteiger partial charge in [0.15, 0.2) is 12.0 Å². The Morgan fingerprint density at radius 3 is 2.83 bits per heavy atom. The molecule has 1 aromatic carbocycles. The van der Waals surface area contributed by atoms with Crippen molar-refractivity contribution in [1.82, 2.24) is 14.5 Å². The fourth-order valence-electron chi connectivity index (χ4n) is 4.65. The summed E-state index contributed by atoms with van der Waals surface area (Å²) < 4.78 is 7.19. The van der Waals surface area contributed by atoms with E-state index in [9.17, 15) is 15.3 Å². The second-order valence-electron chi connectivity index (χ2n) is 7.83. The van der Waals surface area contributed by atoms with Crippen molar-refractivity contribution in [2.24, 2.45) is 10.7 Å². The summed E-state index contributed by atoms with van der Waals surface area (Å²) in [6, 6.07) is 8.55. The second-order valence-corrected chi connectivity index (χ2v) is 7.83. The van der Waals surface area contributed by atoms with Gasteiger partial charge in [-0.3, -0.25) is 4.57 Å². The number of imidazole rings is 1. The van der Waals surface area contributed by atoms with E-state index in [0.29, 0.717) is 11.5 Å². The molecule has 154 valence electrons. The maximum atomic E-state index is 10.3. The Morgan fingerprint density at radius 2 is 2.03 bits per heavy atom. The summed E-state index contributed by atoms with van der Waals surface area (Å²) in [6.45, 7) is -0.386. The molecule has 0 radical (unpaired) electrons. The molecule has 9 heteroatoms. The Balaban J connectivity index is 1.45. The molecule has 5 rings (SSSR count). The molecule has 5 N–H and O–H groups in total. The lowest BCUT2D eigenvalue weighted by molar-refractivity contribution is -0.0520. The third kappa shape index (κ3) is 2.89. The van der Waals surface area contributed by atoms with Gasteiger partial charge in [0.05, 0.1) is 25.3 Å². The highest BCUT2D eigenvalue weighted by atomic mass is 16.6. The average Bonchev–Trinajstić information content (AvgIpc) is 3.30. The fraction of sp³-hybridized carbons (Fsp3) is 0.500. The van der Waals surface area contributed by atoms with Gasteiger partial charge < -0.3 is 30.7 Å². The van der Waals surface area contributed by atoms with Gasteiger partial charge in [0.25, 0.3) is 0 Å². The lowest BCUT2D eigenvalue weighted by Gasteiger charge is -2.39. The molecule has 1 saturated heterocycles. The third-order valence-corrected chi connectivity index (χ3v) is 6.20. The molecule has 1 aliphatic carbocycles. The van der Waals surface area contributed by atoms with Gasteiger partial charge in [-0.15, -0.1) is 0 Å². The van der Waals surface area contributed by atoms with Gasteiger partial charge in [-0.2, -0.15) is 0 Å². The number of nitrogens with zero attached hydrogens (tertiary/aromatic N) is 4. The summed E-state index contributed by atoms with van der Waals surface area (Å²) in [4.78, 5) is 11.1. The number of aryl methyl sites for hydroxylation is 1. The van der Waals surface area contributed by atoms with E-state index in [1.807, 2.05) is 11.0 Å². The molecular weight excluding hydrogens is 374 g/mol. The number of aliphatic imine (C=N–C) groups is 1. The number of aromatic nitrogens is 2. The van der Waals surface area contributed by atoms with E-state index >= 15 is 0 Å². The Labute approximate surface area is 168 Å². The normalized spacial score (nSPS) is 33.6. The first-order chi connectivity index (χ1) is 14.1. The van der Waals surface area contributed by atoms with Crippen LogP contribution in [0.1, 0.15) is 48.1 Å². The summed E-state index contributed by atoms with van der Waals surface area (Å²) in [7, 11) is 0. The molecule has 29 heavy (non-hydrogen) atoms. The number of hydrogen-bond acceptors (Lipinski definition) is 8. The summed E-state index contributed by atoms with van der Waals surface area (Å²) in [5.41, 5.74) is 9.77. The van der Waals surface area contributed by atoms with E-state index in [2.05, 4.69) is 28.2 Å². The van der Waals surface area contributed by atoms with Crippen molar-refractivity contribution in [3.63, 3.8) is 0 Å². The molecule has 0 bridgehead atoms. The van der Waals surface area contributed by atoms with Crippen LogP contribution < -0.4 is 5.73 Å². The lowest BCUT2D eigenvalue weighted by atomic mass is 9.86. The average molecular weight is 399 g/mol. The van der Waals surface area contributed by atoms with E-state index in [1.165, 1.54) is 17.5 Å². The Morgan fingerprint density at radius 1 is 1.21 bits per heavy atom. The summed E-state index contributed by atoms with van der Waals surface area (Å²) in [5, 5.41) is 29.7. The van der Waals surface area contributed by atoms with Crippen molar-refractivity contribution in [2.75, 3.05) is 6.61 Å². The summed E-state index contributed by atoms with van der Waals surface area (Å²) >= 11 is 0. The molecule has 0 spiro atoms. The van der Waals surface area contributed by atoms with Crippen molar-refractivity contribution < 1.29 is 20.1 Å². The van der Waals surface area contributed by atoms with Crippen LogP contribution in [0.3, 0.4) is 0 Å². The minimum absolute atomic E-state index is 0.130. The molecule has 3 heterocycles. The first-order valence-electron chi connectivity index (χ1n) is 9.94. The van der Waals surface area contributed by atoms with Crippen molar-refractivity contribution >= 4 is 12.2 Å². The number of fused-ring (bicyclic) bond motifs is 2. The first-order valence-corrected chi connectivity index (χ1v) is 9.94. The quantitative estimate of drug-likeness (QED) is 0.592. The van der Waals surface area contributed by atoms with E-state index in [0.717, 1.165) is 19.3 Å². The predicted octanol–water partition coefficient (Wildman–Crippen LogP) is 0.505. The fourth-order valence-corrected chi connectivity index (χ4v) is 4.65. The van der Waals surface area contributed by atoms with Crippen molar-refractivity contribution in [2.45, 2.75) is 56.0 Å². The van der Waals surface area contributed by atoms with Crippen molar-refractivity contribution in [3.05, 3.63) is 47.4 Å². The monoisotopic (exact) mass is 399 g/mol. The van der Waals surface area contributed by atoms with Gasteiger partial charge in [-0.1, -0.05) is 24.3 Å². The zero-order valence-corrected chi connectivity index (χ0v) is 15.9. The topological polar surface area (TPSA) is 129 Å². The number of hydrogen-bond donors (Lipinski definition) is 4. The van der Waals surface area contributed by atoms with Crippen LogP contribution >= 0.6 is 0 Å². The minimum Gasteiger partial charge on any atom is -0.394 e. The van der Waals surface area contributed by atoms with Gasteiger partial charge >= 0.3 is 0 Å². The summed E-state index contributed by atoms with van der Waals surface area (Å²) in [6.07, 6.45) is 1.79. The van der Waals surface area contributed by atoms with Crippen LogP contribution in [0.15, 0.2) is 35.6 Å². The standard InChI is InChI=1S/C20H25N5O4/c21-18-15-19(25(9-22-15)20-17(28)16(27)14(8-26)29-20)23-10-24(18)13-7-3-5-11-4-1-2-6-12(11)13/h1-2,4,6,9-10,13-14,16-18,20,26-28H,3,5,7-8,21H2/t13?,14-,16?,17?,18?,20-/m1/s1. The van der Waals surface area contributed by atoms with Crippen LogP contribution in [0, 0.1) is 0 Å². The van der Waals surface area contributed by atoms with Crippen LogP contribution in [-0.2, 0) is 11.2 Å². The predicted molar refractivity (Wildman–Crippen MR) is 104 cm³/mol. The molecule has 4 unspecified atom stereocenters. The van der Waals surface area contributed by atoms with Gasteiger partial charge in [-0.05, 0) is 30.4 Å². The Hall–Kier alpha value is -2.30. The molecule has 1 fully saturated rings. The molecular formula is C20H25N5O4. The third-order valence-electron chi connectivity index (χ3n) is 6.20. The van der Waals surface area contributed by atoms with Gasteiger partial charge in [0, 0.05) is 0 Å². The van der Waals surface area contributed by atoms with E-state index < -0.39 is 30.7 Å². The van der Waals surface area contributed by atoms with E-state index in [-0.39, 0.29) is 12.6 Å². The van der Waals surface area contributed by atoms with Crippen molar-refractivity contribution in [3.8, 4) is 0 Å². The van der Waals surface area contributed by atoms with Crippen molar-refractivity contribution in [1.29, 1.82) is 0 Å². The first kappa shape index (κ1) is 18.7. The van der Waals surface area contributed by atoms with E-state index in [1.54, 1.807) is 10.9 Å². The van der Waals surface area contributed by atoms with Crippen LogP contribution in [0.2, 0.25) is 0 Å². The van der Waals surface area contributed by atoms with Gasteiger partial charge in [-0.25, -0.2) is 9.98 Å². The number of aliphatic hydroxyl groups is 3. The minimum atomic E-state index is -1.19.